The van der Waals surface area contributed by atoms with Crippen molar-refractivity contribution in [2.75, 3.05) is 26.0 Å². The summed E-state index contributed by atoms with van der Waals surface area (Å²) in [5.74, 6) is -1.16. The molecule has 2 aromatic rings. The highest BCUT2D eigenvalue weighted by molar-refractivity contribution is 7.88. The number of nitrogens with zero attached hydrogens (tertiary/aromatic N) is 1. The van der Waals surface area contributed by atoms with Crippen LogP contribution in [0.1, 0.15) is 31.4 Å². The van der Waals surface area contributed by atoms with Crippen LogP contribution in [0.2, 0.25) is 0 Å². The largest absolute Gasteiger partial charge is 0.497 e. The number of ether oxygens (including phenoxy) is 3. The fourth-order valence-corrected chi connectivity index (χ4v) is 5.24. The van der Waals surface area contributed by atoms with Gasteiger partial charge >= 0.3 is 11.9 Å². The zero-order valence-electron chi connectivity index (χ0n) is 22.8. The van der Waals surface area contributed by atoms with Gasteiger partial charge in [0.2, 0.25) is 11.8 Å². The van der Waals surface area contributed by atoms with Crippen molar-refractivity contribution in [1.82, 2.24) is 10.2 Å². The third kappa shape index (κ3) is 8.77. The summed E-state index contributed by atoms with van der Waals surface area (Å²) in [5.41, 5.74) is 2.06. The summed E-state index contributed by atoms with van der Waals surface area (Å²) >= 11 is 0. The van der Waals surface area contributed by atoms with Crippen molar-refractivity contribution in [3.63, 3.8) is 0 Å². The molecule has 214 valence electrons. The Morgan fingerprint density at radius 2 is 1.70 bits per heavy atom. The molecule has 11 heteroatoms. The quantitative estimate of drug-likeness (QED) is 0.271. The van der Waals surface area contributed by atoms with Crippen molar-refractivity contribution in [1.29, 1.82) is 0 Å². The maximum Gasteiger partial charge on any atom is 0.326 e. The highest BCUT2D eigenvalue weighted by Crippen LogP contribution is 2.27. The summed E-state index contributed by atoms with van der Waals surface area (Å²) in [6, 6.07) is 14.5. The van der Waals surface area contributed by atoms with Crippen molar-refractivity contribution in [2.24, 2.45) is 0 Å². The molecule has 1 aliphatic rings. The molecule has 0 spiro atoms. The Bertz CT molecular complexity index is 1250. The van der Waals surface area contributed by atoms with Gasteiger partial charge in [0.25, 0.3) is 0 Å². The lowest BCUT2D eigenvalue weighted by Crippen LogP contribution is -2.72. The Morgan fingerprint density at radius 1 is 1.00 bits per heavy atom. The summed E-state index contributed by atoms with van der Waals surface area (Å²) in [7, 11) is 0.0231. The molecular formula is C29H34N2O8S. The van der Waals surface area contributed by atoms with E-state index < -0.39 is 40.7 Å². The maximum atomic E-state index is 13.0. The van der Waals surface area contributed by atoms with Crippen LogP contribution in [0, 0.1) is 0 Å². The molecule has 1 heterocycles. The van der Waals surface area contributed by atoms with Gasteiger partial charge in [-0.2, -0.15) is 0 Å². The van der Waals surface area contributed by atoms with Crippen LogP contribution in [-0.2, 0) is 52.5 Å². The Kier molecular flexibility index (Phi) is 11.4. The van der Waals surface area contributed by atoms with Crippen LogP contribution in [0.5, 0.6) is 5.75 Å². The molecule has 3 unspecified atom stereocenters. The predicted octanol–water partition coefficient (Wildman–Crippen LogP) is 2.28. The Morgan fingerprint density at radius 3 is 2.35 bits per heavy atom. The van der Waals surface area contributed by atoms with Crippen LogP contribution in [0.25, 0.3) is 0 Å². The number of hydrogen-bond acceptors (Lipinski definition) is 8. The van der Waals surface area contributed by atoms with Gasteiger partial charge < -0.3 is 24.4 Å². The first-order chi connectivity index (χ1) is 19.2. The van der Waals surface area contributed by atoms with Gasteiger partial charge in [0.05, 0.1) is 32.6 Å². The van der Waals surface area contributed by atoms with Crippen molar-refractivity contribution in [2.45, 2.75) is 45.4 Å². The maximum absolute atomic E-state index is 13.0. The van der Waals surface area contributed by atoms with Gasteiger partial charge in [-0.05, 0) is 42.7 Å². The predicted molar refractivity (Wildman–Crippen MR) is 148 cm³/mol. The summed E-state index contributed by atoms with van der Waals surface area (Å²) in [6.07, 6.45) is 0.0575. The number of nitrogens with one attached hydrogen (secondary N) is 1. The zero-order chi connectivity index (χ0) is 29.1. The minimum Gasteiger partial charge on any atom is -0.497 e. The third-order valence-corrected chi connectivity index (χ3v) is 7.42. The van der Waals surface area contributed by atoms with Crippen molar-refractivity contribution >= 4 is 34.6 Å². The van der Waals surface area contributed by atoms with Gasteiger partial charge in [0.15, 0.2) is 0 Å². The molecule has 0 aliphatic carbocycles. The standard InChI is InChI=1S/C29H34N2O8S/c1-4-38-25(33)14-15-40(36)19-20(2)28-27(30-24(32)16-21-8-6-5-7-9-21)29(35)31(28)17-26(34)39-18-22-10-12-23(37-3)13-11-22/h5-13,19,27-28H,4,14-18H2,1-3H3,(H,30,32). The topological polar surface area (TPSA) is 128 Å². The third-order valence-electron chi connectivity index (χ3n) is 6.18. The number of carbonyl (C=O) groups excluding carboxylic acids is 4. The van der Waals surface area contributed by atoms with E-state index in [0.29, 0.717) is 11.3 Å². The highest BCUT2D eigenvalue weighted by atomic mass is 32.2. The van der Waals surface area contributed by atoms with Crippen molar-refractivity contribution in [3.8, 4) is 5.75 Å². The van der Waals surface area contributed by atoms with Gasteiger partial charge in [0, 0.05) is 22.0 Å². The van der Waals surface area contributed by atoms with Gasteiger partial charge in [-0.15, -0.1) is 0 Å². The van der Waals surface area contributed by atoms with E-state index in [-0.39, 0.29) is 44.3 Å². The summed E-state index contributed by atoms with van der Waals surface area (Å²) < 4.78 is 28.0. The van der Waals surface area contributed by atoms with E-state index in [1.807, 2.05) is 30.3 Å². The Balaban J connectivity index is 1.67. The average molecular weight is 571 g/mol. The molecule has 2 amide bonds. The molecule has 1 aliphatic heterocycles. The van der Waals surface area contributed by atoms with Crippen LogP contribution in [0.4, 0.5) is 0 Å². The number of benzene rings is 2. The summed E-state index contributed by atoms with van der Waals surface area (Å²) in [4.78, 5) is 51.3. The van der Waals surface area contributed by atoms with E-state index in [4.69, 9.17) is 14.2 Å². The minimum atomic E-state index is -1.53. The zero-order valence-corrected chi connectivity index (χ0v) is 23.6. The minimum absolute atomic E-state index is 0.0134. The fraction of sp³-hybridized carbons (Fsp3) is 0.379. The number of carbonyl (C=O) groups is 4. The summed E-state index contributed by atoms with van der Waals surface area (Å²) in [6.45, 7) is 3.27. The lowest BCUT2D eigenvalue weighted by atomic mass is 9.89. The van der Waals surface area contributed by atoms with Crippen LogP contribution in [-0.4, -0.2) is 71.0 Å². The first-order valence-corrected chi connectivity index (χ1v) is 14.2. The van der Waals surface area contributed by atoms with Crippen molar-refractivity contribution < 1.29 is 37.6 Å². The molecule has 0 aromatic heterocycles. The summed E-state index contributed by atoms with van der Waals surface area (Å²) in [5, 5.41) is 4.20. The van der Waals surface area contributed by atoms with E-state index in [1.54, 1.807) is 45.2 Å². The molecule has 0 bridgehead atoms. The Hall–Kier alpha value is -3.99. The monoisotopic (exact) mass is 570 g/mol. The smallest absolute Gasteiger partial charge is 0.326 e. The number of hydrogen-bond donors (Lipinski definition) is 1. The fourth-order valence-electron chi connectivity index (χ4n) is 4.20. The second-order valence-corrected chi connectivity index (χ2v) is 10.5. The van der Waals surface area contributed by atoms with Crippen LogP contribution >= 0.6 is 0 Å². The Labute approximate surface area is 236 Å². The normalized spacial score (nSPS) is 17.4. The molecule has 1 fully saturated rings. The van der Waals surface area contributed by atoms with Gasteiger partial charge in [0.1, 0.15) is 24.9 Å². The molecule has 2 aromatic carbocycles. The van der Waals surface area contributed by atoms with Crippen molar-refractivity contribution in [3.05, 3.63) is 76.7 Å². The number of esters is 2. The number of methoxy groups -OCH3 is 1. The lowest BCUT2D eigenvalue weighted by molar-refractivity contribution is -0.161. The molecule has 0 saturated carbocycles. The van der Waals surface area contributed by atoms with Crippen LogP contribution in [0.15, 0.2) is 65.6 Å². The van der Waals surface area contributed by atoms with E-state index >= 15 is 0 Å². The van der Waals surface area contributed by atoms with Gasteiger partial charge in [-0.3, -0.25) is 23.4 Å². The second kappa shape index (κ2) is 15.0. The molecule has 40 heavy (non-hydrogen) atoms. The van der Waals surface area contributed by atoms with Crippen LogP contribution < -0.4 is 10.1 Å². The van der Waals surface area contributed by atoms with Gasteiger partial charge in [-0.25, -0.2) is 0 Å². The molecule has 0 radical (unpaired) electrons. The highest BCUT2D eigenvalue weighted by Gasteiger charge is 2.49. The molecular weight excluding hydrogens is 536 g/mol. The number of β-lactam (4-membered cyclic amide) rings is 1. The average Bonchev–Trinajstić information content (AvgIpc) is 2.94. The first-order valence-electron chi connectivity index (χ1n) is 12.8. The van der Waals surface area contributed by atoms with E-state index in [9.17, 15) is 23.4 Å². The molecule has 3 atom stereocenters. The lowest BCUT2D eigenvalue weighted by Gasteiger charge is -2.47. The SMILES string of the molecule is CCOC(=O)CCS(=O)C=C(C)C1C(NC(=O)Cc2ccccc2)C(=O)N1CC(=O)OCc1ccc(OC)cc1. The van der Waals surface area contributed by atoms with E-state index in [2.05, 4.69) is 5.32 Å². The van der Waals surface area contributed by atoms with E-state index in [1.165, 1.54) is 10.3 Å². The molecule has 1 saturated heterocycles. The molecule has 10 nitrogen and oxygen atoms in total. The molecule has 1 N–H and O–H groups in total. The first kappa shape index (κ1) is 30.6. The number of likely N-dealkylation sites (tertiary alicyclic amines) is 1. The number of rotatable bonds is 14. The van der Waals surface area contributed by atoms with E-state index in [0.717, 1.165) is 11.1 Å². The van der Waals surface area contributed by atoms with Gasteiger partial charge in [-0.1, -0.05) is 42.5 Å². The second-order valence-electron chi connectivity index (χ2n) is 9.13. The number of amides is 2. The molecule has 3 rings (SSSR count). The van der Waals surface area contributed by atoms with Crippen LogP contribution in [0.3, 0.4) is 0 Å².